The summed E-state index contributed by atoms with van der Waals surface area (Å²) in [6, 6.07) is 5.79. The maximum atomic E-state index is 12.0. The molecule has 0 atom stereocenters. The van der Waals surface area contributed by atoms with Crippen LogP contribution in [0.1, 0.15) is 16.8 Å². The fourth-order valence-corrected chi connectivity index (χ4v) is 2.44. The van der Waals surface area contributed by atoms with Gasteiger partial charge in [-0.05, 0) is 26.1 Å². The first-order chi connectivity index (χ1) is 10.6. The molecule has 0 bridgehead atoms. The van der Waals surface area contributed by atoms with Crippen LogP contribution in [0.15, 0.2) is 24.3 Å². The molecule has 1 amide bonds. The molecule has 1 aliphatic heterocycles. The molecule has 1 fully saturated rings. The lowest BCUT2D eigenvalue weighted by atomic mass is 10.2. The van der Waals surface area contributed by atoms with Gasteiger partial charge < -0.3 is 15.1 Å². The van der Waals surface area contributed by atoms with E-state index in [0.29, 0.717) is 12.1 Å². The van der Waals surface area contributed by atoms with Gasteiger partial charge in [0, 0.05) is 50.4 Å². The Morgan fingerprint density at radius 1 is 1.32 bits per heavy atom. The lowest BCUT2D eigenvalue weighted by molar-refractivity contribution is -0.384. The Bertz CT molecular complexity index is 527. The second-order valence-corrected chi connectivity index (χ2v) is 5.56. The summed E-state index contributed by atoms with van der Waals surface area (Å²) in [6.07, 6.45) is 0.879. The number of carbonyl (C=O) groups is 1. The Morgan fingerprint density at radius 2 is 2.05 bits per heavy atom. The molecule has 2 rings (SSSR count). The molecule has 0 saturated carbocycles. The quantitative estimate of drug-likeness (QED) is 0.481. The Labute approximate surface area is 130 Å². The minimum atomic E-state index is -0.496. The third kappa shape index (κ3) is 4.78. The van der Waals surface area contributed by atoms with Gasteiger partial charge in [-0.2, -0.15) is 0 Å². The van der Waals surface area contributed by atoms with E-state index in [1.807, 2.05) is 0 Å². The van der Waals surface area contributed by atoms with E-state index in [1.165, 1.54) is 18.2 Å². The number of nitro groups is 1. The van der Waals surface area contributed by atoms with Crippen LogP contribution in [0.3, 0.4) is 0 Å². The summed E-state index contributed by atoms with van der Waals surface area (Å²) in [6.45, 7) is 5.83. The summed E-state index contributed by atoms with van der Waals surface area (Å²) in [4.78, 5) is 26.9. The molecule has 7 nitrogen and oxygen atoms in total. The molecule has 1 heterocycles. The SMILES string of the molecule is CN1CCN(CCCNC(=O)c2cccc([N+](=O)[O-])c2)CC1. The number of likely N-dealkylation sites (N-methyl/N-ethyl adjacent to an activating group) is 1. The van der Waals surface area contributed by atoms with Crippen LogP contribution in [-0.4, -0.2) is 66.9 Å². The van der Waals surface area contributed by atoms with Crippen molar-refractivity contribution < 1.29 is 9.72 Å². The van der Waals surface area contributed by atoms with Crippen LogP contribution in [0.25, 0.3) is 0 Å². The standard InChI is InChI=1S/C15H22N4O3/c1-17-8-10-18(11-9-17)7-3-6-16-15(20)13-4-2-5-14(12-13)19(21)22/h2,4-5,12H,3,6-11H2,1H3,(H,16,20). The minimum absolute atomic E-state index is 0.0647. The summed E-state index contributed by atoms with van der Waals surface area (Å²) in [5.74, 6) is -0.262. The molecular formula is C15H22N4O3. The highest BCUT2D eigenvalue weighted by Crippen LogP contribution is 2.12. The Balaban J connectivity index is 1.71. The molecule has 0 aromatic heterocycles. The number of rotatable bonds is 6. The number of nitrogens with one attached hydrogen (secondary N) is 1. The molecule has 1 aliphatic rings. The van der Waals surface area contributed by atoms with Crippen molar-refractivity contribution in [1.82, 2.24) is 15.1 Å². The van der Waals surface area contributed by atoms with Crippen LogP contribution < -0.4 is 5.32 Å². The number of benzene rings is 1. The summed E-state index contributed by atoms with van der Waals surface area (Å²) in [5.41, 5.74) is 0.263. The minimum Gasteiger partial charge on any atom is -0.352 e. The molecule has 1 N–H and O–H groups in total. The number of hydrogen-bond acceptors (Lipinski definition) is 5. The van der Waals surface area contributed by atoms with Gasteiger partial charge in [0.2, 0.25) is 0 Å². The van der Waals surface area contributed by atoms with Crippen LogP contribution in [-0.2, 0) is 0 Å². The highest BCUT2D eigenvalue weighted by molar-refractivity contribution is 5.94. The van der Waals surface area contributed by atoms with Crippen molar-refractivity contribution in [3.63, 3.8) is 0 Å². The fraction of sp³-hybridized carbons (Fsp3) is 0.533. The lowest BCUT2D eigenvalue weighted by Crippen LogP contribution is -2.45. The molecular weight excluding hydrogens is 284 g/mol. The maximum absolute atomic E-state index is 12.0. The molecule has 0 spiro atoms. The van der Waals surface area contributed by atoms with Gasteiger partial charge in [0.1, 0.15) is 0 Å². The van der Waals surface area contributed by atoms with Crippen molar-refractivity contribution in [3.05, 3.63) is 39.9 Å². The predicted molar refractivity (Wildman–Crippen MR) is 84.0 cm³/mol. The molecule has 1 aromatic rings. The Hall–Kier alpha value is -1.99. The number of hydrogen-bond donors (Lipinski definition) is 1. The maximum Gasteiger partial charge on any atom is 0.270 e. The van der Waals surface area contributed by atoms with Gasteiger partial charge in [-0.15, -0.1) is 0 Å². The van der Waals surface area contributed by atoms with Gasteiger partial charge in [0.15, 0.2) is 0 Å². The van der Waals surface area contributed by atoms with Gasteiger partial charge in [0.25, 0.3) is 11.6 Å². The van der Waals surface area contributed by atoms with Crippen LogP contribution >= 0.6 is 0 Å². The summed E-state index contributed by atoms with van der Waals surface area (Å²) in [5, 5.41) is 13.5. The molecule has 0 radical (unpaired) electrons. The van der Waals surface area contributed by atoms with Crippen LogP contribution in [0.2, 0.25) is 0 Å². The van der Waals surface area contributed by atoms with Crippen molar-refractivity contribution in [2.24, 2.45) is 0 Å². The van der Waals surface area contributed by atoms with Gasteiger partial charge in [0.05, 0.1) is 4.92 Å². The third-order valence-electron chi connectivity index (χ3n) is 3.85. The Kier molecular flexibility index (Phi) is 5.85. The van der Waals surface area contributed by atoms with Crippen LogP contribution in [0.4, 0.5) is 5.69 Å². The van der Waals surface area contributed by atoms with Crippen molar-refractivity contribution in [2.45, 2.75) is 6.42 Å². The van der Waals surface area contributed by atoms with Crippen molar-refractivity contribution >= 4 is 11.6 Å². The highest BCUT2D eigenvalue weighted by atomic mass is 16.6. The second-order valence-electron chi connectivity index (χ2n) is 5.56. The van der Waals surface area contributed by atoms with E-state index in [9.17, 15) is 14.9 Å². The van der Waals surface area contributed by atoms with Gasteiger partial charge in [-0.25, -0.2) is 0 Å². The zero-order valence-corrected chi connectivity index (χ0v) is 12.8. The topological polar surface area (TPSA) is 78.7 Å². The number of carbonyl (C=O) groups excluding carboxylic acids is 1. The van der Waals surface area contributed by atoms with E-state index >= 15 is 0 Å². The summed E-state index contributed by atoms with van der Waals surface area (Å²) in [7, 11) is 2.12. The number of non-ortho nitro benzene ring substituents is 1. The molecule has 7 heteroatoms. The normalized spacial score (nSPS) is 16.4. The molecule has 1 aromatic carbocycles. The van der Waals surface area contributed by atoms with E-state index < -0.39 is 4.92 Å². The number of nitrogens with zero attached hydrogens (tertiary/aromatic N) is 3. The van der Waals surface area contributed by atoms with Crippen LogP contribution in [0.5, 0.6) is 0 Å². The first-order valence-electron chi connectivity index (χ1n) is 7.50. The number of amides is 1. The van der Waals surface area contributed by atoms with Gasteiger partial charge in [-0.3, -0.25) is 14.9 Å². The van der Waals surface area contributed by atoms with Gasteiger partial charge >= 0.3 is 0 Å². The van der Waals surface area contributed by atoms with Crippen molar-refractivity contribution in [1.29, 1.82) is 0 Å². The van der Waals surface area contributed by atoms with Gasteiger partial charge in [-0.1, -0.05) is 6.07 Å². The summed E-state index contributed by atoms with van der Waals surface area (Å²) < 4.78 is 0. The predicted octanol–water partition coefficient (Wildman–Crippen LogP) is 0.962. The largest absolute Gasteiger partial charge is 0.352 e. The number of nitro benzene ring substituents is 1. The molecule has 1 saturated heterocycles. The molecule has 0 unspecified atom stereocenters. The Morgan fingerprint density at radius 3 is 2.73 bits per heavy atom. The van der Waals surface area contributed by atoms with E-state index in [1.54, 1.807) is 6.07 Å². The summed E-state index contributed by atoms with van der Waals surface area (Å²) >= 11 is 0. The van der Waals surface area contributed by atoms with Crippen molar-refractivity contribution in [3.8, 4) is 0 Å². The smallest absolute Gasteiger partial charge is 0.270 e. The lowest BCUT2D eigenvalue weighted by Gasteiger charge is -2.32. The second kappa shape index (κ2) is 7.86. The molecule has 22 heavy (non-hydrogen) atoms. The highest BCUT2D eigenvalue weighted by Gasteiger charge is 2.14. The first-order valence-corrected chi connectivity index (χ1v) is 7.50. The fourth-order valence-electron chi connectivity index (χ4n) is 2.44. The third-order valence-corrected chi connectivity index (χ3v) is 3.85. The first kappa shape index (κ1) is 16.4. The average Bonchev–Trinajstić information content (AvgIpc) is 2.53. The van der Waals surface area contributed by atoms with E-state index in [0.717, 1.165) is 39.1 Å². The van der Waals surface area contributed by atoms with E-state index in [-0.39, 0.29) is 11.6 Å². The zero-order chi connectivity index (χ0) is 15.9. The number of piperazine rings is 1. The van der Waals surface area contributed by atoms with E-state index in [2.05, 4.69) is 22.2 Å². The molecule has 0 aliphatic carbocycles. The van der Waals surface area contributed by atoms with Crippen LogP contribution in [0, 0.1) is 10.1 Å². The molecule has 120 valence electrons. The van der Waals surface area contributed by atoms with Crippen molar-refractivity contribution in [2.75, 3.05) is 46.3 Å². The average molecular weight is 306 g/mol. The monoisotopic (exact) mass is 306 g/mol. The zero-order valence-electron chi connectivity index (χ0n) is 12.8. The van der Waals surface area contributed by atoms with E-state index in [4.69, 9.17) is 0 Å².